The summed E-state index contributed by atoms with van der Waals surface area (Å²) in [5, 5.41) is 4.69. The van der Waals surface area contributed by atoms with Crippen LogP contribution in [0.5, 0.6) is 0 Å². The zero-order valence-corrected chi connectivity index (χ0v) is 20.1. The summed E-state index contributed by atoms with van der Waals surface area (Å²) in [5.74, 6) is 0.664. The average molecular weight is 487 g/mol. The minimum atomic E-state index is -3.23. The van der Waals surface area contributed by atoms with Crippen LogP contribution in [-0.2, 0) is 14.8 Å². The van der Waals surface area contributed by atoms with Crippen molar-refractivity contribution in [2.24, 2.45) is 11.8 Å². The van der Waals surface area contributed by atoms with E-state index >= 15 is 0 Å². The number of hydrogen-bond acceptors (Lipinski definition) is 5. The SMILES string of the molecule is O=S(=O)(CC1CC1)N1CCC2=Cc3c(cnn3-c3ccc(F)cc3)C(CN3CCOCC3)C2C1. The fourth-order valence-corrected chi connectivity index (χ4v) is 7.54. The molecule has 1 saturated carbocycles. The van der Waals surface area contributed by atoms with E-state index in [2.05, 4.69) is 16.1 Å². The van der Waals surface area contributed by atoms with Crippen molar-refractivity contribution >= 4 is 16.1 Å². The highest BCUT2D eigenvalue weighted by Gasteiger charge is 2.42. The molecule has 4 aliphatic rings. The number of fused-ring (bicyclic) bond motifs is 2. The number of benzene rings is 1. The van der Waals surface area contributed by atoms with Gasteiger partial charge in [-0.15, -0.1) is 0 Å². The van der Waals surface area contributed by atoms with E-state index in [1.54, 1.807) is 16.4 Å². The summed E-state index contributed by atoms with van der Waals surface area (Å²) in [4.78, 5) is 2.42. The van der Waals surface area contributed by atoms with Crippen LogP contribution in [0.2, 0.25) is 0 Å². The van der Waals surface area contributed by atoms with Crippen LogP contribution in [0.1, 0.15) is 36.4 Å². The van der Waals surface area contributed by atoms with E-state index in [1.807, 2.05) is 10.9 Å². The molecule has 34 heavy (non-hydrogen) atoms. The molecule has 1 aromatic heterocycles. The fraction of sp³-hybridized carbons (Fsp3) is 0.560. The maximum absolute atomic E-state index is 13.5. The Hall–Kier alpha value is -2.07. The first-order valence-electron chi connectivity index (χ1n) is 12.3. The lowest BCUT2D eigenvalue weighted by Gasteiger charge is -2.42. The van der Waals surface area contributed by atoms with Crippen molar-refractivity contribution in [3.8, 4) is 5.69 Å². The van der Waals surface area contributed by atoms with Crippen LogP contribution in [-0.4, -0.2) is 79.1 Å². The van der Waals surface area contributed by atoms with E-state index < -0.39 is 10.0 Å². The highest BCUT2D eigenvalue weighted by molar-refractivity contribution is 7.89. The van der Waals surface area contributed by atoms with Crippen molar-refractivity contribution in [1.29, 1.82) is 0 Å². The van der Waals surface area contributed by atoms with Crippen LogP contribution >= 0.6 is 0 Å². The van der Waals surface area contributed by atoms with Gasteiger partial charge in [0.05, 0.1) is 36.5 Å². The van der Waals surface area contributed by atoms with Crippen molar-refractivity contribution in [3.05, 3.63) is 53.1 Å². The zero-order valence-electron chi connectivity index (χ0n) is 19.3. The molecule has 2 aliphatic heterocycles. The average Bonchev–Trinajstić information content (AvgIpc) is 3.54. The van der Waals surface area contributed by atoms with Crippen LogP contribution < -0.4 is 0 Å². The molecule has 0 spiro atoms. The van der Waals surface area contributed by atoms with Crippen molar-refractivity contribution in [2.45, 2.75) is 25.2 Å². The van der Waals surface area contributed by atoms with E-state index in [4.69, 9.17) is 4.74 Å². The molecule has 3 heterocycles. The van der Waals surface area contributed by atoms with Crippen LogP contribution in [0.3, 0.4) is 0 Å². The Balaban J connectivity index is 1.34. The predicted octanol–water partition coefficient (Wildman–Crippen LogP) is 2.89. The molecule has 0 amide bonds. The van der Waals surface area contributed by atoms with Crippen LogP contribution in [0.25, 0.3) is 11.8 Å². The third kappa shape index (κ3) is 4.34. The first-order valence-corrected chi connectivity index (χ1v) is 13.9. The summed E-state index contributed by atoms with van der Waals surface area (Å²) in [7, 11) is -3.23. The van der Waals surface area contributed by atoms with Gasteiger partial charge in [-0.3, -0.25) is 4.90 Å². The lowest BCUT2D eigenvalue weighted by atomic mass is 9.74. The molecular formula is C25H31FN4O3S. The lowest BCUT2D eigenvalue weighted by Crippen LogP contribution is -2.47. The Morgan fingerprint density at radius 2 is 1.85 bits per heavy atom. The quantitative estimate of drug-likeness (QED) is 0.628. The summed E-state index contributed by atoms with van der Waals surface area (Å²) in [6, 6.07) is 6.40. The molecule has 0 radical (unpaired) electrons. The molecule has 182 valence electrons. The lowest BCUT2D eigenvalue weighted by molar-refractivity contribution is 0.0319. The van der Waals surface area contributed by atoms with Gasteiger partial charge in [-0.05, 0) is 55.5 Å². The number of sulfonamides is 1. The molecule has 2 atom stereocenters. The summed E-state index contributed by atoms with van der Waals surface area (Å²) in [5.41, 5.74) is 4.30. The van der Waals surface area contributed by atoms with Gasteiger partial charge in [0.25, 0.3) is 0 Å². The number of rotatable bonds is 6. The molecule has 0 bridgehead atoms. The first kappa shape index (κ1) is 22.4. The van der Waals surface area contributed by atoms with Crippen molar-refractivity contribution < 1.29 is 17.5 Å². The normalized spacial score (nSPS) is 26.1. The van der Waals surface area contributed by atoms with E-state index in [9.17, 15) is 12.8 Å². The van der Waals surface area contributed by atoms with Gasteiger partial charge in [0.1, 0.15) is 5.82 Å². The molecule has 1 aromatic carbocycles. The maximum Gasteiger partial charge on any atom is 0.214 e. The number of nitrogens with zero attached hydrogens (tertiary/aromatic N) is 4. The number of aromatic nitrogens is 2. The Kier molecular flexibility index (Phi) is 5.83. The number of hydrogen-bond donors (Lipinski definition) is 0. The van der Waals surface area contributed by atoms with Crippen LogP contribution in [0, 0.1) is 17.7 Å². The largest absolute Gasteiger partial charge is 0.379 e. The monoisotopic (exact) mass is 486 g/mol. The molecule has 6 rings (SSSR count). The van der Waals surface area contributed by atoms with Crippen LogP contribution in [0.15, 0.2) is 36.0 Å². The smallest absolute Gasteiger partial charge is 0.214 e. The third-order valence-corrected chi connectivity index (χ3v) is 9.75. The molecule has 7 nitrogen and oxygen atoms in total. The van der Waals surface area contributed by atoms with Gasteiger partial charge in [-0.25, -0.2) is 21.8 Å². The Morgan fingerprint density at radius 3 is 2.59 bits per heavy atom. The van der Waals surface area contributed by atoms with Crippen LogP contribution in [0.4, 0.5) is 4.39 Å². The molecular weight excluding hydrogens is 455 g/mol. The van der Waals surface area contributed by atoms with Gasteiger partial charge in [0.15, 0.2) is 0 Å². The topological polar surface area (TPSA) is 67.7 Å². The van der Waals surface area contributed by atoms with Gasteiger partial charge >= 0.3 is 0 Å². The van der Waals surface area contributed by atoms with Gasteiger partial charge in [0.2, 0.25) is 10.0 Å². The molecule has 0 N–H and O–H groups in total. The van der Waals surface area contributed by atoms with Gasteiger partial charge in [0, 0.05) is 50.1 Å². The van der Waals surface area contributed by atoms with E-state index in [-0.39, 0.29) is 17.7 Å². The third-order valence-electron chi connectivity index (χ3n) is 7.74. The summed E-state index contributed by atoms with van der Waals surface area (Å²) in [6.45, 7) is 5.15. The number of piperidine rings is 1. The van der Waals surface area contributed by atoms with Gasteiger partial charge < -0.3 is 4.74 Å². The fourth-order valence-electron chi connectivity index (χ4n) is 5.64. The Bertz CT molecular complexity index is 1180. The number of ether oxygens (including phenoxy) is 1. The molecule has 2 aliphatic carbocycles. The zero-order chi connectivity index (χ0) is 23.3. The minimum absolute atomic E-state index is 0.143. The second-order valence-electron chi connectivity index (χ2n) is 10.0. The van der Waals surface area contributed by atoms with Crippen molar-refractivity contribution in [2.75, 3.05) is 51.7 Å². The van der Waals surface area contributed by atoms with E-state index in [0.29, 0.717) is 24.8 Å². The second kappa shape index (κ2) is 8.86. The highest BCUT2D eigenvalue weighted by Crippen LogP contribution is 2.44. The standard InChI is InChI=1S/C25H31FN4O3S/c26-20-3-5-21(6-4-20)30-25-13-19-7-8-29(34(31,32)17-18-1-2-18)16-23(19)24(22(25)14-27-30)15-28-9-11-33-12-10-28/h3-6,13-14,18,23-24H,1-2,7-12,15-17H2. The highest BCUT2D eigenvalue weighted by atomic mass is 32.2. The van der Waals surface area contributed by atoms with Crippen molar-refractivity contribution in [3.63, 3.8) is 0 Å². The maximum atomic E-state index is 13.5. The minimum Gasteiger partial charge on any atom is -0.379 e. The molecule has 2 saturated heterocycles. The Morgan fingerprint density at radius 1 is 1.09 bits per heavy atom. The van der Waals surface area contributed by atoms with Gasteiger partial charge in [-0.2, -0.15) is 5.10 Å². The summed E-state index contributed by atoms with van der Waals surface area (Å²) < 4.78 is 48.9. The summed E-state index contributed by atoms with van der Waals surface area (Å²) >= 11 is 0. The number of halogens is 1. The van der Waals surface area contributed by atoms with Crippen molar-refractivity contribution in [1.82, 2.24) is 19.0 Å². The number of morpholine rings is 1. The van der Waals surface area contributed by atoms with E-state index in [0.717, 1.165) is 69.1 Å². The second-order valence-corrected chi connectivity index (χ2v) is 12.1. The first-order chi connectivity index (χ1) is 16.5. The molecule has 2 unspecified atom stereocenters. The molecule has 9 heteroatoms. The van der Waals surface area contributed by atoms with Gasteiger partial charge in [-0.1, -0.05) is 5.57 Å². The van der Waals surface area contributed by atoms with E-state index in [1.165, 1.54) is 17.7 Å². The molecule has 3 fully saturated rings. The summed E-state index contributed by atoms with van der Waals surface area (Å²) in [6.07, 6.45) is 6.94. The molecule has 2 aromatic rings. The predicted molar refractivity (Wildman–Crippen MR) is 128 cm³/mol. The Labute approximate surface area is 200 Å².